The standard InChI is InChI=1S/C11H20N2S/c1-10(2)7-8(10)12-9-13-11(3,4)5-6-14-9/h8H,5-7H2,1-4H3,(H,12,13). The van der Waals surface area contributed by atoms with Gasteiger partial charge >= 0.3 is 0 Å². The molecule has 1 unspecified atom stereocenters. The summed E-state index contributed by atoms with van der Waals surface area (Å²) in [6, 6.07) is 0.561. The molecule has 1 aliphatic carbocycles. The van der Waals surface area contributed by atoms with Crippen LogP contribution in [0.1, 0.15) is 40.5 Å². The molecule has 0 spiro atoms. The van der Waals surface area contributed by atoms with Crippen molar-refractivity contribution in [1.82, 2.24) is 5.32 Å². The van der Waals surface area contributed by atoms with Crippen LogP contribution in [0.15, 0.2) is 4.99 Å². The van der Waals surface area contributed by atoms with Crippen LogP contribution in [0, 0.1) is 5.41 Å². The van der Waals surface area contributed by atoms with Crippen LogP contribution in [0.2, 0.25) is 0 Å². The number of nitrogens with zero attached hydrogens (tertiary/aromatic N) is 1. The average Bonchev–Trinajstić information content (AvgIpc) is 2.55. The molecule has 0 aromatic rings. The van der Waals surface area contributed by atoms with Crippen molar-refractivity contribution >= 4 is 16.9 Å². The molecule has 0 bridgehead atoms. The van der Waals surface area contributed by atoms with E-state index in [9.17, 15) is 0 Å². The SMILES string of the molecule is CC1(C)CCSC(=NC2CC2(C)C)N1. The Hall–Kier alpha value is -0.180. The minimum atomic E-state index is 0.239. The molecule has 1 N–H and O–H groups in total. The van der Waals surface area contributed by atoms with Gasteiger partial charge in [-0.15, -0.1) is 0 Å². The van der Waals surface area contributed by atoms with Crippen molar-refractivity contribution in [1.29, 1.82) is 0 Å². The third-order valence-electron chi connectivity index (χ3n) is 3.15. The zero-order valence-electron chi connectivity index (χ0n) is 9.55. The van der Waals surface area contributed by atoms with Crippen LogP contribution in [0.4, 0.5) is 0 Å². The molecule has 0 radical (unpaired) electrons. The molecule has 1 atom stereocenters. The van der Waals surface area contributed by atoms with Crippen LogP contribution in [0.3, 0.4) is 0 Å². The van der Waals surface area contributed by atoms with Gasteiger partial charge in [0, 0.05) is 11.3 Å². The summed E-state index contributed by atoms with van der Waals surface area (Å²) in [6.07, 6.45) is 2.48. The summed E-state index contributed by atoms with van der Waals surface area (Å²) in [5.41, 5.74) is 0.694. The summed E-state index contributed by atoms with van der Waals surface area (Å²) in [4.78, 5) is 4.76. The normalized spacial score (nSPS) is 36.6. The lowest BCUT2D eigenvalue weighted by molar-refractivity contribution is 0.445. The van der Waals surface area contributed by atoms with E-state index in [-0.39, 0.29) is 5.54 Å². The van der Waals surface area contributed by atoms with Crippen molar-refractivity contribution in [2.45, 2.75) is 52.1 Å². The van der Waals surface area contributed by atoms with E-state index >= 15 is 0 Å². The molecule has 2 fully saturated rings. The van der Waals surface area contributed by atoms with Gasteiger partial charge in [0.25, 0.3) is 0 Å². The minimum Gasteiger partial charge on any atom is -0.360 e. The first-order chi connectivity index (χ1) is 6.39. The molecule has 3 heteroatoms. The fourth-order valence-electron chi connectivity index (χ4n) is 1.66. The smallest absolute Gasteiger partial charge is 0.157 e. The molecule has 14 heavy (non-hydrogen) atoms. The molecule has 0 aromatic heterocycles. The van der Waals surface area contributed by atoms with Crippen molar-refractivity contribution in [3.63, 3.8) is 0 Å². The number of hydrogen-bond donors (Lipinski definition) is 1. The quantitative estimate of drug-likeness (QED) is 0.722. The van der Waals surface area contributed by atoms with Gasteiger partial charge in [-0.25, -0.2) is 0 Å². The van der Waals surface area contributed by atoms with Crippen LogP contribution < -0.4 is 5.32 Å². The molecule has 1 heterocycles. The molecule has 2 rings (SSSR count). The Bertz CT molecular complexity index is 268. The molecule has 1 aliphatic heterocycles. The van der Waals surface area contributed by atoms with E-state index in [0.717, 1.165) is 5.17 Å². The molecule has 1 saturated heterocycles. The Kier molecular flexibility index (Phi) is 2.33. The van der Waals surface area contributed by atoms with Crippen molar-refractivity contribution in [3.8, 4) is 0 Å². The maximum absolute atomic E-state index is 4.76. The molecule has 1 saturated carbocycles. The number of thioether (sulfide) groups is 1. The zero-order valence-corrected chi connectivity index (χ0v) is 10.4. The van der Waals surface area contributed by atoms with E-state index in [1.807, 2.05) is 11.8 Å². The third-order valence-corrected chi connectivity index (χ3v) is 4.03. The monoisotopic (exact) mass is 212 g/mol. The summed E-state index contributed by atoms with van der Waals surface area (Å²) in [5, 5.41) is 4.68. The van der Waals surface area contributed by atoms with E-state index in [0.29, 0.717) is 11.5 Å². The Morgan fingerprint density at radius 2 is 2.00 bits per heavy atom. The predicted molar refractivity (Wildman–Crippen MR) is 63.9 cm³/mol. The molecule has 2 nitrogen and oxygen atoms in total. The van der Waals surface area contributed by atoms with Gasteiger partial charge in [-0.05, 0) is 32.1 Å². The maximum Gasteiger partial charge on any atom is 0.157 e. The molecular weight excluding hydrogens is 192 g/mol. The van der Waals surface area contributed by atoms with Gasteiger partial charge in [-0.2, -0.15) is 0 Å². The van der Waals surface area contributed by atoms with Crippen LogP contribution in [0.25, 0.3) is 0 Å². The first kappa shape index (κ1) is 10.3. The van der Waals surface area contributed by atoms with E-state index in [1.165, 1.54) is 18.6 Å². The molecular formula is C11H20N2S. The molecule has 80 valence electrons. The van der Waals surface area contributed by atoms with Crippen LogP contribution in [-0.2, 0) is 0 Å². The second kappa shape index (κ2) is 3.16. The van der Waals surface area contributed by atoms with Gasteiger partial charge < -0.3 is 5.32 Å². The van der Waals surface area contributed by atoms with Gasteiger partial charge in [0.05, 0.1) is 6.04 Å². The van der Waals surface area contributed by atoms with Crippen molar-refractivity contribution < 1.29 is 0 Å². The molecule has 2 aliphatic rings. The number of nitrogens with one attached hydrogen (secondary N) is 1. The topological polar surface area (TPSA) is 24.4 Å². The Balaban J connectivity index is 1.98. The van der Waals surface area contributed by atoms with Crippen LogP contribution in [-0.4, -0.2) is 22.5 Å². The maximum atomic E-state index is 4.76. The summed E-state index contributed by atoms with van der Waals surface area (Å²) in [7, 11) is 0. The van der Waals surface area contributed by atoms with E-state index < -0.39 is 0 Å². The zero-order chi connectivity index (χ0) is 10.4. The lowest BCUT2D eigenvalue weighted by atomic mass is 10.0. The van der Waals surface area contributed by atoms with Gasteiger partial charge in [-0.1, -0.05) is 25.6 Å². The van der Waals surface area contributed by atoms with Crippen LogP contribution in [0.5, 0.6) is 0 Å². The van der Waals surface area contributed by atoms with Gasteiger partial charge in [0.1, 0.15) is 0 Å². The third kappa shape index (κ3) is 2.25. The van der Waals surface area contributed by atoms with Gasteiger partial charge in [0.2, 0.25) is 0 Å². The van der Waals surface area contributed by atoms with Crippen molar-refractivity contribution in [2.75, 3.05) is 5.75 Å². The Morgan fingerprint density at radius 3 is 2.50 bits per heavy atom. The van der Waals surface area contributed by atoms with Crippen molar-refractivity contribution in [2.24, 2.45) is 10.4 Å². The number of aliphatic imine (C=N–C) groups is 1. The summed E-state index contributed by atoms with van der Waals surface area (Å²) in [5.74, 6) is 1.20. The van der Waals surface area contributed by atoms with Crippen LogP contribution >= 0.6 is 11.8 Å². The van der Waals surface area contributed by atoms with Crippen molar-refractivity contribution in [3.05, 3.63) is 0 Å². The highest BCUT2D eigenvalue weighted by Crippen LogP contribution is 2.47. The lowest BCUT2D eigenvalue weighted by Crippen LogP contribution is -2.46. The molecule has 0 aromatic carbocycles. The van der Waals surface area contributed by atoms with Gasteiger partial charge in [0.15, 0.2) is 5.17 Å². The summed E-state index contributed by atoms with van der Waals surface area (Å²) < 4.78 is 0. The predicted octanol–water partition coefficient (Wildman–Crippen LogP) is 2.65. The highest BCUT2D eigenvalue weighted by atomic mass is 32.2. The number of rotatable bonds is 1. The number of hydrogen-bond acceptors (Lipinski definition) is 2. The fraction of sp³-hybridized carbons (Fsp3) is 0.909. The minimum absolute atomic E-state index is 0.239. The summed E-state index contributed by atoms with van der Waals surface area (Å²) >= 11 is 1.87. The first-order valence-electron chi connectivity index (χ1n) is 5.38. The fourth-order valence-corrected chi connectivity index (χ4v) is 3.02. The largest absolute Gasteiger partial charge is 0.360 e. The van der Waals surface area contributed by atoms with E-state index in [4.69, 9.17) is 4.99 Å². The highest BCUT2D eigenvalue weighted by molar-refractivity contribution is 8.13. The molecule has 0 amide bonds. The lowest BCUT2D eigenvalue weighted by Gasteiger charge is -2.32. The Morgan fingerprint density at radius 1 is 1.36 bits per heavy atom. The van der Waals surface area contributed by atoms with E-state index in [1.54, 1.807) is 0 Å². The van der Waals surface area contributed by atoms with E-state index in [2.05, 4.69) is 33.0 Å². The second-order valence-electron chi connectivity index (χ2n) is 5.75. The van der Waals surface area contributed by atoms with Gasteiger partial charge in [-0.3, -0.25) is 4.99 Å². The first-order valence-corrected chi connectivity index (χ1v) is 6.36. The Labute approximate surface area is 90.9 Å². The average molecular weight is 212 g/mol. The number of amidine groups is 1. The summed E-state index contributed by atoms with van der Waals surface area (Å²) in [6.45, 7) is 9.08. The highest BCUT2D eigenvalue weighted by Gasteiger charge is 2.46. The second-order valence-corrected chi connectivity index (χ2v) is 6.83.